The minimum absolute atomic E-state index is 0.155. The van der Waals surface area contributed by atoms with Crippen LogP contribution in [0.2, 0.25) is 0 Å². The summed E-state index contributed by atoms with van der Waals surface area (Å²) in [5.41, 5.74) is 5.12. The molecule has 5 heteroatoms. The first-order valence-electron chi connectivity index (χ1n) is 9.63. The van der Waals surface area contributed by atoms with Crippen molar-refractivity contribution in [3.05, 3.63) is 53.1 Å². The molecule has 4 rings (SSSR count). The highest BCUT2D eigenvalue weighted by Gasteiger charge is 2.27. The van der Waals surface area contributed by atoms with E-state index >= 15 is 0 Å². The molecule has 0 radical (unpaired) electrons. The van der Waals surface area contributed by atoms with Crippen LogP contribution in [0.5, 0.6) is 11.5 Å². The fourth-order valence-electron chi connectivity index (χ4n) is 4.12. The van der Waals surface area contributed by atoms with Crippen molar-refractivity contribution in [2.45, 2.75) is 25.4 Å². The van der Waals surface area contributed by atoms with E-state index in [1.165, 1.54) is 22.4 Å². The Balaban J connectivity index is 1.66. The highest BCUT2D eigenvalue weighted by Crippen LogP contribution is 2.38. The molecule has 2 aromatic carbocycles. The molecule has 0 amide bonds. The lowest BCUT2D eigenvalue weighted by Crippen LogP contribution is -2.38. The minimum atomic E-state index is 0.155. The largest absolute Gasteiger partial charge is 0.493 e. The van der Waals surface area contributed by atoms with E-state index in [1.54, 1.807) is 14.2 Å². The molecule has 1 saturated heterocycles. The van der Waals surface area contributed by atoms with E-state index < -0.39 is 0 Å². The summed E-state index contributed by atoms with van der Waals surface area (Å²) in [6.07, 6.45) is 0.984. The summed E-state index contributed by atoms with van der Waals surface area (Å²) in [7, 11) is 3.38. The lowest BCUT2D eigenvalue weighted by molar-refractivity contribution is 0.122. The van der Waals surface area contributed by atoms with E-state index in [1.807, 2.05) is 0 Å². The first kappa shape index (κ1) is 18.1. The number of hydrogen-bond acceptors (Lipinski definition) is 5. The molecule has 27 heavy (non-hydrogen) atoms. The van der Waals surface area contributed by atoms with Gasteiger partial charge in [0.25, 0.3) is 0 Å². The lowest BCUT2D eigenvalue weighted by Gasteiger charge is -2.33. The van der Waals surface area contributed by atoms with E-state index in [4.69, 9.17) is 14.2 Å². The van der Waals surface area contributed by atoms with Crippen molar-refractivity contribution < 1.29 is 14.2 Å². The molecule has 0 bridgehead atoms. The second kappa shape index (κ2) is 7.79. The van der Waals surface area contributed by atoms with E-state index in [-0.39, 0.29) is 6.04 Å². The summed E-state index contributed by atoms with van der Waals surface area (Å²) in [5.74, 6) is 1.58. The van der Waals surface area contributed by atoms with Crippen molar-refractivity contribution in [2.75, 3.05) is 45.4 Å². The van der Waals surface area contributed by atoms with Crippen LogP contribution in [0, 0.1) is 0 Å². The first-order chi connectivity index (χ1) is 13.2. The Morgan fingerprint density at radius 3 is 2.33 bits per heavy atom. The van der Waals surface area contributed by atoms with Crippen LogP contribution >= 0.6 is 0 Å². The van der Waals surface area contributed by atoms with Gasteiger partial charge in [0, 0.05) is 24.8 Å². The van der Waals surface area contributed by atoms with Gasteiger partial charge >= 0.3 is 0 Å². The van der Waals surface area contributed by atoms with Gasteiger partial charge in [-0.25, -0.2) is 0 Å². The van der Waals surface area contributed by atoms with Gasteiger partial charge in [-0.2, -0.15) is 0 Å². The Morgan fingerprint density at radius 2 is 1.67 bits per heavy atom. The molecular weight excluding hydrogens is 340 g/mol. The Hall–Kier alpha value is -2.24. The predicted molar refractivity (Wildman–Crippen MR) is 107 cm³/mol. The summed E-state index contributed by atoms with van der Waals surface area (Å²) in [6, 6.07) is 13.7. The van der Waals surface area contributed by atoms with Crippen LogP contribution in [-0.4, -0.2) is 46.6 Å². The fourth-order valence-corrected chi connectivity index (χ4v) is 4.12. The van der Waals surface area contributed by atoms with Crippen molar-refractivity contribution in [1.29, 1.82) is 0 Å². The van der Waals surface area contributed by atoms with Crippen molar-refractivity contribution >= 4 is 5.69 Å². The predicted octanol–water partition coefficient (Wildman–Crippen LogP) is 3.16. The Labute approximate surface area is 161 Å². The number of ether oxygens (including phenoxy) is 3. The highest BCUT2D eigenvalue weighted by atomic mass is 16.5. The van der Waals surface area contributed by atoms with E-state index in [9.17, 15) is 0 Å². The smallest absolute Gasteiger partial charge is 0.161 e. The SMILES string of the molecule is COc1cc2c(cc1OC)C(c1ccc(N3CCOCC3)cc1)N[C@@H](C)C2. The highest BCUT2D eigenvalue weighted by molar-refractivity contribution is 5.54. The molecule has 0 spiro atoms. The summed E-state index contributed by atoms with van der Waals surface area (Å²) in [4.78, 5) is 2.38. The molecule has 5 nitrogen and oxygen atoms in total. The summed E-state index contributed by atoms with van der Waals surface area (Å²) >= 11 is 0. The van der Waals surface area contributed by atoms with Crippen molar-refractivity contribution in [3.8, 4) is 11.5 Å². The molecule has 144 valence electrons. The third kappa shape index (κ3) is 3.62. The number of fused-ring (bicyclic) bond motifs is 1. The molecular formula is C22H28N2O3. The van der Waals surface area contributed by atoms with E-state index in [0.717, 1.165) is 44.2 Å². The van der Waals surface area contributed by atoms with Crippen LogP contribution in [0.4, 0.5) is 5.69 Å². The van der Waals surface area contributed by atoms with Crippen LogP contribution in [0.3, 0.4) is 0 Å². The fraction of sp³-hybridized carbons (Fsp3) is 0.455. The monoisotopic (exact) mass is 368 g/mol. The maximum atomic E-state index is 5.54. The Bertz CT molecular complexity index is 785. The van der Waals surface area contributed by atoms with Crippen LogP contribution in [0.1, 0.15) is 29.7 Å². The number of hydrogen-bond donors (Lipinski definition) is 1. The average molecular weight is 368 g/mol. The van der Waals surface area contributed by atoms with Crippen LogP contribution in [0.25, 0.3) is 0 Å². The number of benzene rings is 2. The number of nitrogens with zero attached hydrogens (tertiary/aromatic N) is 1. The molecule has 2 aliphatic rings. The molecule has 2 aliphatic heterocycles. The number of rotatable bonds is 4. The molecule has 2 aromatic rings. The maximum Gasteiger partial charge on any atom is 0.161 e. The normalized spacial score (nSPS) is 22.3. The van der Waals surface area contributed by atoms with Crippen molar-refractivity contribution in [1.82, 2.24) is 5.32 Å². The van der Waals surface area contributed by atoms with Gasteiger partial charge in [0.2, 0.25) is 0 Å². The van der Waals surface area contributed by atoms with Gasteiger partial charge in [-0.1, -0.05) is 12.1 Å². The zero-order valence-corrected chi connectivity index (χ0v) is 16.3. The molecule has 1 N–H and O–H groups in total. The summed E-state index contributed by atoms with van der Waals surface area (Å²) in [5, 5.41) is 3.75. The zero-order chi connectivity index (χ0) is 18.8. The van der Waals surface area contributed by atoms with Gasteiger partial charge in [-0.3, -0.25) is 0 Å². The van der Waals surface area contributed by atoms with Gasteiger partial charge in [-0.05, 0) is 54.3 Å². The van der Waals surface area contributed by atoms with Gasteiger partial charge < -0.3 is 24.4 Å². The number of anilines is 1. The van der Waals surface area contributed by atoms with Crippen LogP contribution in [0.15, 0.2) is 36.4 Å². The second-order valence-electron chi connectivity index (χ2n) is 7.30. The van der Waals surface area contributed by atoms with Crippen LogP contribution < -0.4 is 19.7 Å². The van der Waals surface area contributed by atoms with Crippen LogP contribution in [-0.2, 0) is 11.2 Å². The molecule has 1 fully saturated rings. The Morgan fingerprint density at radius 1 is 1.00 bits per heavy atom. The van der Waals surface area contributed by atoms with Gasteiger partial charge in [0.05, 0.1) is 33.5 Å². The molecule has 0 aliphatic carbocycles. The van der Waals surface area contributed by atoms with E-state index in [2.05, 4.69) is 53.5 Å². The molecule has 0 saturated carbocycles. The molecule has 2 atom stereocenters. The molecule has 0 aromatic heterocycles. The molecule has 1 unspecified atom stereocenters. The minimum Gasteiger partial charge on any atom is -0.493 e. The lowest BCUT2D eigenvalue weighted by atomic mass is 9.86. The summed E-state index contributed by atoms with van der Waals surface area (Å²) in [6.45, 7) is 5.75. The van der Waals surface area contributed by atoms with Crippen molar-refractivity contribution in [3.63, 3.8) is 0 Å². The number of nitrogens with one attached hydrogen (secondary N) is 1. The van der Waals surface area contributed by atoms with Gasteiger partial charge in [0.15, 0.2) is 11.5 Å². The number of morpholine rings is 1. The number of methoxy groups -OCH3 is 2. The van der Waals surface area contributed by atoms with Gasteiger partial charge in [-0.15, -0.1) is 0 Å². The quantitative estimate of drug-likeness (QED) is 0.898. The summed E-state index contributed by atoms with van der Waals surface area (Å²) < 4.78 is 16.5. The average Bonchev–Trinajstić information content (AvgIpc) is 2.73. The second-order valence-corrected chi connectivity index (χ2v) is 7.30. The third-order valence-corrected chi connectivity index (χ3v) is 5.54. The maximum absolute atomic E-state index is 5.54. The third-order valence-electron chi connectivity index (χ3n) is 5.54. The van der Waals surface area contributed by atoms with Crippen molar-refractivity contribution in [2.24, 2.45) is 0 Å². The van der Waals surface area contributed by atoms with Gasteiger partial charge in [0.1, 0.15) is 0 Å². The first-order valence-corrected chi connectivity index (χ1v) is 9.63. The standard InChI is InChI=1S/C22H28N2O3/c1-15-12-17-13-20(25-2)21(26-3)14-19(17)22(23-15)16-4-6-18(7-5-16)24-8-10-27-11-9-24/h4-7,13-15,22-23H,8-12H2,1-3H3/t15-,22?/m0/s1. The molecule has 2 heterocycles. The zero-order valence-electron chi connectivity index (χ0n) is 16.3. The van der Waals surface area contributed by atoms with E-state index in [0.29, 0.717) is 6.04 Å². The Kier molecular flexibility index (Phi) is 5.23. The topological polar surface area (TPSA) is 43.0 Å².